The van der Waals surface area contributed by atoms with E-state index in [1.807, 2.05) is 50.2 Å². The zero-order valence-electron chi connectivity index (χ0n) is 17.0. The molecule has 0 spiro atoms. The highest BCUT2D eigenvalue weighted by atomic mass is 16.5. The van der Waals surface area contributed by atoms with Gasteiger partial charge in [0.1, 0.15) is 11.3 Å². The van der Waals surface area contributed by atoms with Crippen LogP contribution >= 0.6 is 0 Å². The van der Waals surface area contributed by atoms with Crippen molar-refractivity contribution in [2.24, 2.45) is 0 Å². The normalized spacial score (nSPS) is 15.8. The molecule has 5 nitrogen and oxygen atoms in total. The largest absolute Gasteiger partial charge is 0.494 e. The molecule has 1 aromatic heterocycles. The lowest BCUT2D eigenvalue weighted by Gasteiger charge is -2.24. The van der Waals surface area contributed by atoms with E-state index in [1.165, 1.54) is 0 Å². The second-order valence-corrected chi connectivity index (χ2v) is 7.49. The summed E-state index contributed by atoms with van der Waals surface area (Å²) in [6.07, 6.45) is 1.73. The summed E-state index contributed by atoms with van der Waals surface area (Å²) < 4.78 is 11.6. The SMILES string of the molecule is CCCOc1ccc([C@H]2c3c(oc4ccc(C)cc4c3=O)C(=O)N2CCC)cc1. The molecule has 150 valence electrons. The van der Waals surface area contributed by atoms with Crippen LogP contribution < -0.4 is 10.2 Å². The molecule has 2 aromatic carbocycles. The summed E-state index contributed by atoms with van der Waals surface area (Å²) in [4.78, 5) is 28.2. The Balaban J connectivity index is 1.87. The van der Waals surface area contributed by atoms with Crippen molar-refractivity contribution in [3.05, 3.63) is 75.1 Å². The minimum Gasteiger partial charge on any atom is -0.494 e. The van der Waals surface area contributed by atoms with Crippen LogP contribution in [0.15, 0.2) is 51.7 Å². The fraction of sp³-hybridized carbons (Fsp3) is 0.333. The Hall–Kier alpha value is -3.08. The van der Waals surface area contributed by atoms with Crippen LogP contribution in [0.3, 0.4) is 0 Å². The van der Waals surface area contributed by atoms with Crippen LogP contribution in [0.4, 0.5) is 0 Å². The molecule has 0 fully saturated rings. The van der Waals surface area contributed by atoms with Gasteiger partial charge in [-0.05, 0) is 49.6 Å². The molecule has 29 heavy (non-hydrogen) atoms. The van der Waals surface area contributed by atoms with Crippen LogP contribution in [-0.4, -0.2) is 24.0 Å². The van der Waals surface area contributed by atoms with Gasteiger partial charge in [-0.25, -0.2) is 0 Å². The van der Waals surface area contributed by atoms with Crippen LogP contribution in [0, 0.1) is 6.92 Å². The van der Waals surface area contributed by atoms with Gasteiger partial charge in [0.05, 0.1) is 23.6 Å². The smallest absolute Gasteiger partial charge is 0.290 e. The predicted molar refractivity (Wildman–Crippen MR) is 113 cm³/mol. The van der Waals surface area contributed by atoms with Crippen LogP contribution in [0.5, 0.6) is 5.75 Å². The highest BCUT2D eigenvalue weighted by Gasteiger charge is 2.42. The maximum Gasteiger partial charge on any atom is 0.290 e. The third kappa shape index (κ3) is 3.31. The van der Waals surface area contributed by atoms with Crippen molar-refractivity contribution in [3.63, 3.8) is 0 Å². The number of ether oxygens (including phenoxy) is 1. The third-order valence-electron chi connectivity index (χ3n) is 5.25. The molecular weight excluding hydrogens is 366 g/mol. The van der Waals surface area contributed by atoms with Crippen molar-refractivity contribution in [3.8, 4) is 5.75 Å². The Bertz CT molecular complexity index is 1110. The van der Waals surface area contributed by atoms with E-state index in [9.17, 15) is 9.59 Å². The summed E-state index contributed by atoms with van der Waals surface area (Å²) in [6, 6.07) is 12.7. The molecule has 0 aliphatic carbocycles. The standard InChI is InChI=1S/C24H25NO4/c1-4-12-25-21(16-7-9-17(10-8-16)28-13-5-2)20-22(26)18-14-15(3)6-11-19(18)29-23(20)24(25)27/h6-11,14,21H,4-5,12-13H2,1-3H3/t21-/m0/s1. The second kappa shape index (κ2) is 7.74. The summed E-state index contributed by atoms with van der Waals surface area (Å²) in [5, 5.41) is 0.516. The summed E-state index contributed by atoms with van der Waals surface area (Å²) in [5.41, 5.74) is 2.62. The van der Waals surface area contributed by atoms with Crippen molar-refractivity contribution in [2.45, 2.75) is 39.7 Å². The van der Waals surface area contributed by atoms with Gasteiger partial charge in [-0.2, -0.15) is 0 Å². The highest BCUT2D eigenvalue weighted by molar-refractivity contribution is 5.99. The van der Waals surface area contributed by atoms with Gasteiger partial charge in [-0.3, -0.25) is 9.59 Å². The first-order valence-corrected chi connectivity index (χ1v) is 10.2. The van der Waals surface area contributed by atoms with Crippen LogP contribution in [-0.2, 0) is 0 Å². The summed E-state index contributed by atoms with van der Waals surface area (Å²) in [6.45, 7) is 7.22. The minimum absolute atomic E-state index is 0.131. The van der Waals surface area contributed by atoms with Crippen molar-refractivity contribution >= 4 is 16.9 Å². The molecule has 0 radical (unpaired) electrons. The molecule has 0 saturated heterocycles. The number of aryl methyl sites for hydroxylation is 1. The molecule has 2 heterocycles. The number of hydrogen-bond acceptors (Lipinski definition) is 4. The number of rotatable bonds is 6. The fourth-order valence-corrected chi connectivity index (χ4v) is 3.92. The molecule has 5 heteroatoms. The third-order valence-corrected chi connectivity index (χ3v) is 5.25. The predicted octanol–water partition coefficient (Wildman–Crippen LogP) is 4.85. The van der Waals surface area contributed by atoms with Gasteiger partial charge in [0.25, 0.3) is 5.91 Å². The Morgan fingerprint density at radius 3 is 2.48 bits per heavy atom. The minimum atomic E-state index is -0.446. The zero-order chi connectivity index (χ0) is 20.5. The molecule has 0 N–H and O–H groups in total. The van der Waals surface area contributed by atoms with E-state index in [4.69, 9.17) is 9.15 Å². The molecule has 3 aromatic rings. The van der Waals surface area contributed by atoms with Gasteiger partial charge >= 0.3 is 0 Å². The zero-order valence-corrected chi connectivity index (χ0v) is 17.0. The maximum atomic E-state index is 13.4. The number of carbonyl (C=O) groups is 1. The summed E-state index contributed by atoms with van der Waals surface area (Å²) >= 11 is 0. The quantitative estimate of drug-likeness (QED) is 0.603. The Morgan fingerprint density at radius 1 is 1.03 bits per heavy atom. The van der Waals surface area contributed by atoms with E-state index in [0.29, 0.717) is 29.7 Å². The van der Waals surface area contributed by atoms with Gasteiger partial charge in [0.15, 0.2) is 5.43 Å². The number of nitrogens with zero attached hydrogens (tertiary/aromatic N) is 1. The van der Waals surface area contributed by atoms with Crippen molar-refractivity contribution in [2.75, 3.05) is 13.2 Å². The van der Waals surface area contributed by atoms with E-state index in [-0.39, 0.29) is 17.1 Å². The summed E-state index contributed by atoms with van der Waals surface area (Å²) in [5.74, 6) is 0.720. The molecule has 1 amide bonds. The highest BCUT2D eigenvalue weighted by Crippen LogP contribution is 2.38. The lowest BCUT2D eigenvalue weighted by molar-refractivity contribution is 0.0728. The number of carbonyl (C=O) groups excluding carboxylic acids is 1. The average Bonchev–Trinajstić information content (AvgIpc) is 3.00. The fourth-order valence-electron chi connectivity index (χ4n) is 3.92. The molecule has 1 aliphatic heterocycles. The molecular formula is C24H25NO4. The van der Waals surface area contributed by atoms with E-state index in [2.05, 4.69) is 6.92 Å². The molecule has 0 saturated carbocycles. The molecule has 1 atom stereocenters. The van der Waals surface area contributed by atoms with Crippen molar-refractivity contribution < 1.29 is 13.9 Å². The van der Waals surface area contributed by atoms with E-state index >= 15 is 0 Å². The first-order valence-electron chi connectivity index (χ1n) is 10.2. The van der Waals surface area contributed by atoms with Gasteiger partial charge in [-0.15, -0.1) is 0 Å². The Labute approximate surface area is 169 Å². The number of fused-ring (bicyclic) bond motifs is 2. The lowest BCUT2D eigenvalue weighted by Crippen LogP contribution is -2.30. The average molecular weight is 391 g/mol. The molecule has 4 rings (SSSR count). The first-order chi connectivity index (χ1) is 14.0. The van der Waals surface area contributed by atoms with E-state index in [0.717, 1.165) is 29.7 Å². The lowest BCUT2D eigenvalue weighted by atomic mass is 9.98. The molecule has 1 aliphatic rings. The van der Waals surface area contributed by atoms with Gasteiger partial charge in [0.2, 0.25) is 5.76 Å². The number of amides is 1. The van der Waals surface area contributed by atoms with E-state index in [1.54, 1.807) is 11.0 Å². The van der Waals surface area contributed by atoms with Gasteiger partial charge in [0, 0.05) is 6.54 Å². The van der Waals surface area contributed by atoms with Gasteiger partial charge in [-0.1, -0.05) is 37.6 Å². The Morgan fingerprint density at radius 2 is 1.79 bits per heavy atom. The molecule has 0 unspecified atom stereocenters. The van der Waals surface area contributed by atoms with Gasteiger partial charge < -0.3 is 14.1 Å². The van der Waals surface area contributed by atoms with E-state index < -0.39 is 6.04 Å². The number of hydrogen-bond donors (Lipinski definition) is 0. The molecule has 0 bridgehead atoms. The number of benzene rings is 2. The van der Waals surface area contributed by atoms with Crippen molar-refractivity contribution in [1.29, 1.82) is 0 Å². The maximum absolute atomic E-state index is 13.4. The monoisotopic (exact) mass is 391 g/mol. The van der Waals surface area contributed by atoms with Crippen LogP contribution in [0.1, 0.15) is 60.0 Å². The van der Waals surface area contributed by atoms with Crippen LogP contribution in [0.2, 0.25) is 0 Å². The van der Waals surface area contributed by atoms with Crippen LogP contribution in [0.25, 0.3) is 11.0 Å². The second-order valence-electron chi connectivity index (χ2n) is 7.49. The first kappa shape index (κ1) is 19.2. The topological polar surface area (TPSA) is 59.8 Å². The van der Waals surface area contributed by atoms with Crippen molar-refractivity contribution in [1.82, 2.24) is 4.90 Å². The summed E-state index contributed by atoms with van der Waals surface area (Å²) in [7, 11) is 0. The Kier molecular flexibility index (Phi) is 5.14.